The van der Waals surface area contributed by atoms with E-state index in [2.05, 4.69) is 15.9 Å². The number of halogens is 2. The first-order chi connectivity index (χ1) is 7.65. The van der Waals surface area contributed by atoms with Gasteiger partial charge in [-0.25, -0.2) is 21.2 Å². The zero-order chi connectivity index (χ0) is 13.3. The van der Waals surface area contributed by atoms with Gasteiger partial charge in [0.2, 0.25) is 10.0 Å². The van der Waals surface area contributed by atoms with Crippen molar-refractivity contribution in [2.45, 2.75) is 4.90 Å². The van der Waals surface area contributed by atoms with E-state index in [0.29, 0.717) is 0 Å². The Balaban J connectivity index is 3.26. The molecule has 9 heteroatoms. The zero-order valence-corrected chi connectivity index (χ0v) is 11.9. The average molecular weight is 346 g/mol. The zero-order valence-electron chi connectivity index (χ0n) is 8.64. The van der Waals surface area contributed by atoms with Crippen LogP contribution in [0, 0.1) is 5.82 Å². The highest BCUT2D eigenvalue weighted by Gasteiger charge is 2.15. The minimum Gasteiger partial charge on any atom is -0.280 e. The first-order valence-electron chi connectivity index (χ1n) is 4.22. The van der Waals surface area contributed by atoms with Gasteiger partial charge >= 0.3 is 0 Å². The fraction of sp³-hybridized carbons (Fsp3) is 0.250. The van der Waals surface area contributed by atoms with Crippen LogP contribution in [0.4, 0.5) is 10.1 Å². The Morgan fingerprint density at radius 3 is 2.35 bits per heavy atom. The first kappa shape index (κ1) is 14.4. The molecule has 0 unspecified atom stereocenters. The predicted molar refractivity (Wildman–Crippen MR) is 65.8 cm³/mol. The quantitative estimate of drug-likeness (QED) is 0.659. The molecule has 0 aliphatic rings. The lowest BCUT2D eigenvalue weighted by atomic mass is 10.3. The van der Waals surface area contributed by atoms with Gasteiger partial charge in [0.15, 0.2) is 9.84 Å². The third-order valence-electron chi connectivity index (χ3n) is 1.78. The van der Waals surface area contributed by atoms with Gasteiger partial charge in [-0.05, 0) is 18.2 Å². The Kier molecular flexibility index (Phi) is 4.15. The van der Waals surface area contributed by atoms with Gasteiger partial charge in [0.05, 0.1) is 10.6 Å². The highest BCUT2D eigenvalue weighted by atomic mass is 79.9. The first-order valence-corrected chi connectivity index (χ1v) is 8.88. The maximum atomic E-state index is 13.3. The van der Waals surface area contributed by atoms with Crippen LogP contribution in [-0.2, 0) is 19.9 Å². The molecule has 0 fully saturated rings. The van der Waals surface area contributed by atoms with E-state index in [1.165, 1.54) is 0 Å². The van der Waals surface area contributed by atoms with E-state index in [1.807, 2.05) is 4.72 Å². The van der Waals surface area contributed by atoms with Crippen LogP contribution in [0.25, 0.3) is 0 Å². The molecule has 0 saturated heterocycles. The summed E-state index contributed by atoms with van der Waals surface area (Å²) in [7, 11) is -7.24. The molecule has 0 bridgehead atoms. The minimum absolute atomic E-state index is 0.161. The number of benzene rings is 1. The number of sulfone groups is 1. The topological polar surface area (TPSA) is 80.3 Å². The van der Waals surface area contributed by atoms with E-state index >= 15 is 0 Å². The van der Waals surface area contributed by atoms with Crippen molar-refractivity contribution in [2.75, 3.05) is 15.6 Å². The number of alkyl halides is 1. The van der Waals surface area contributed by atoms with Crippen molar-refractivity contribution in [1.82, 2.24) is 0 Å². The van der Waals surface area contributed by atoms with Crippen molar-refractivity contribution in [3.63, 3.8) is 0 Å². The van der Waals surface area contributed by atoms with Crippen molar-refractivity contribution < 1.29 is 21.2 Å². The maximum Gasteiger partial charge on any atom is 0.242 e. The van der Waals surface area contributed by atoms with Crippen LogP contribution in [0.1, 0.15) is 0 Å². The number of nitrogens with one attached hydrogen (secondary N) is 1. The van der Waals surface area contributed by atoms with E-state index in [4.69, 9.17) is 0 Å². The van der Waals surface area contributed by atoms with Gasteiger partial charge < -0.3 is 0 Å². The summed E-state index contributed by atoms with van der Waals surface area (Å²) in [6, 6.07) is 2.89. The number of hydrogen-bond acceptors (Lipinski definition) is 4. The van der Waals surface area contributed by atoms with Gasteiger partial charge in [-0.1, -0.05) is 15.9 Å². The van der Waals surface area contributed by atoms with E-state index in [1.54, 1.807) is 0 Å². The molecule has 0 spiro atoms. The summed E-state index contributed by atoms with van der Waals surface area (Å²) in [4.78, 5) is -0.161. The SMILES string of the molecule is CS(=O)(=O)c1ccc(F)c(NS(=O)(=O)CBr)c1. The van der Waals surface area contributed by atoms with Gasteiger partial charge in [-0.2, -0.15) is 0 Å². The van der Waals surface area contributed by atoms with Gasteiger partial charge in [-0.3, -0.25) is 4.72 Å². The Labute approximate surface area is 107 Å². The second kappa shape index (κ2) is 4.91. The van der Waals surface area contributed by atoms with Gasteiger partial charge in [0, 0.05) is 6.26 Å². The van der Waals surface area contributed by atoms with Crippen molar-refractivity contribution >= 4 is 41.5 Å². The molecule has 1 N–H and O–H groups in total. The van der Waals surface area contributed by atoms with Crippen LogP contribution in [0.5, 0.6) is 0 Å². The van der Waals surface area contributed by atoms with Crippen LogP contribution < -0.4 is 4.72 Å². The van der Waals surface area contributed by atoms with Crippen molar-refractivity contribution in [1.29, 1.82) is 0 Å². The van der Waals surface area contributed by atoms with Crippen LogP contribution in [0.3, 0.4) is 0 Å². The standard InChI is InChI=1S/C8H9BrFNO4S2/c1-16(12,13)6-2-3-7(10)8(4-6)11-17(14,15)5-9/h2-4,11H,5H2,1H3. The van der Waals surface area contributed by atoms with E-state index < -0.39 is 36.0 Å². The highest BCUT2D eigenvalue weighted by Crippen LogP contribution is 2.20. The lowest BCUT2D eigenvalue weighted by Crippen LogP contribution is -2.14. The van der Waals surface area contributed by atoms with E-state index in [-0.39, 0.29) is 4.90 Å². The van der Waals surface area contributed by atoms with Crippen molar-refractivity contribution in [3.05, 3.63) is 24.0 Å². The Hall–Kier alpha value is -0.670. The van der Waals surface area contributed by atoms with Gasteiger partial charge in [0.1, 0.15) is 10.5 Å². The van der Waals surface area contributed by atoms with Gasteiger partial charge in [-0.15, -0.1) is 0 Å². The summed E-state index contributed by atoms with van der Waals surface area (Å²) in [6.45, 7) is 0. The molecule has 1 aromatic rings. The van der Waals surface area contributed by atoms with Crippen LogP contribution in [-0.4, -0.2) is 27.8 Å². The maximum absolute atomic E-state index is 13.3. The summed E-state index contributed by atoms with van der Waals surface area (Å²) in [5.74, 6) is -0.845. The fourth-order valence-corrected chi connectivity index (χ4v) is 2.54. The molecule has 1 rings (SSSR count). The molecule has 0 amide bonds. The Morgan fingerprint density at radius 2 is 1.88 bits per heavy atom. The lowest BCUT2D eigenvalue weighted by Gasteiger charge is -2.08. The highest BCUT2D eigenvalue weighted by molar-refractivity contribution is 9.10. The molecule has 0 aliphatic heterocycles. The third-order valence-corrected chi connectivity index (χ3v) is 5.51. The molecule has 0 aliphatic carbocycles. The van der Waals surface area contributed by atoms with Crippen molar-refractivity contribution in [3.8, 4) is 0 Å². The normalized spacial score (nSPS) is 12.4. The third kappa shape index (κ3) is 3.93. The second-order valence-electron chi connectivity index (χ2n) is 3.24. The number of hydrogen-bond donors (Lipinski definition) is 1. The Morgan fingerprint density at radius 1 is 1.29 bits per heavy atom. The molecule has 0 radical (unpaired) electrons. The van der Waals surface area contributed by atoms with Crippen molar-refractivity contribution in [2.24, 2.45) is 0 Å². The van der Waals surface area contributed by atoms with Crippen LogP contribution in [0.2, 0.25) is 0 Å². The Bertz CT molecular complexity index is 627. The number of anilines is 1. The monoisotopic (exact) mass is 345 g/mol. The number of sulfonamides is 1. The van der Waals surface area contributed by atoms with Crippen LogP contribution >= 0.6 is 15.9 Å². The molecule has 17 heavy (non-hydrogen) atoms. The predicted octanol–water partition coefficient (Wildman–Crippen LogP) is 1.32. The lowest BCUT2D eigenvalue weighted by molar-refractivity contribution is 0.597. The molecule has 0 saturated carbocycles. The molecule has 0 heterocycles. The largest absolute Gasteiger partial charge is 0.280 e. The summed E-state index contributed by atoms with van der Waals surface area (Å²) in [6.07, 6.45) is 0.947. The summed E-state index contributed by atoms with van der Waals surface area (Å²) in [5.41, 5.74) is -0.396. The summed E-state index contributed by atoms with van der Waals surface area (Å²) >= 11 is 2.72. The number of rotatable bonds is 4. The molecule has 96 valence electrons. The molecule has 0 aromatic heterocycles. The molecular weight excluding hydrogens is 337 g/mol. The average Bonchev–Trinajstić information content (AvgIpc) is 2.19. The van der Waals surface area contributed by atoms with E-state index in [0.717, 1.165) is 24.5 Å². The molecular formula is C8H9BrFNO4S2. The summed E-state index contributed by atoms with van der Waals surface area (Å²) in [5, 5.41) is 0. The van der Waals surface area contributed by atoms with E-state index in [9.17, 15) is 21.2 Å². The smallest absolute Gasteiger partial charge is 0.242 e. The molecule has 5 nitrogen and oxygen atoms in total. The summed E-state index contributed by atoms with van der Waals surface area (Å²) < 4.78 is 59.7. The molecule has 1 aromatic carbocycles. The minimum atomic E-state index is -3.73. The fourth-order valence-electron chi connectivity index (χ4n) is 1.01. The van der Waals surface area contributed by atoms with Gasteiger partial charge in [0.25, 0.3) is 0 Å². The second-order valence-corrected chi connectivity index (χ2v) is 8.28. The van der Waals surface area contributed by atoms with Crippen LogP contribution in [0.15, 0.2) is 23.1 Å². The molecule has 0 atom stereocenters.